The Kier molecular flexibility index (Phi) is 16.0. The number of carbonyl (C=O) groups excluding carboxylic acids is 4. The van der Waals surface area contributed by atoms with Crippen molar-refractivity contribution in [2.24, 2.45) is 28.1 Å². The summed E-state index contributed by atoms with van der Waals surface area (Å²) in [4.78, 5) is 61.5. The molecule has 6 rings (SSSR count). The summed E-state index contributed by atoms with van der Waals surface area (Å²) in [7, 11) is 0. The Labute approximate surface area is 400 Å². The van der Waals surface area contributed by atoms with Crippen molar-refractivity contribution in [1.82, 2.24) is 20.5 Å². The molecule has 0 spiro atoms. The number of thiazole rings is 1. The second kappa shape index (κ2) is 21.0. The molecular weight excluding hydrogens is 866 g/mol. The summed E-state index contributed by atoms with van der Waals surface area (Å²) in [5.74, 6) is -0.168. The van der Waals surface area contributed by atoms with E-state index in [1.165, 1.54) is 10.5 Å². The van der Waals surface area contributed by atoms with E-state index in [1.54, 1.807) is 17.4 Å². The highest BCUT2D eigenvalue weighted by molar-refractivity contribution is 7.13. The van der Waals surface area contributed by atoms with Gasteiger partial charge in [0.1, 0.15) is 18.2 Å². The molecule has 1 aromatic heterocycles. The highest BCUT2D eigenvalue weighted by Crippen LogP contribution is 2.65. The maximum atomic E-state index is 14.1. The Morgan fingerprint density at radius 1 is 0.924 bits per heavy atom. The van der Waals surface area contributed by atoms with Crippen LogP contribution in [-0.2, 0) is 27.2 Å². The number of hydrogen-bond donors (Lipinski definition) is 3. The summed E-state index contributed by atoms with van der Waals surface area (Å²) < 4.78 is 0. The number of carbonyl (C=O) groups is 4. The minimum absolute atomic E-state index is 0.0206. The normalized spacial score (nSPS) is 20.7. The molecular formula is C54H68ClN5O5S. The number of nitrogens with one attached hydrogen (secondary N) is 2. The van der Waals surface area contributed by atoms with Crippen LogP contribution in [0, 0.1) is 46.3 Å². The van der Waals surface area contributed by atoms with Gasteiger partial charge in [-0.3, -0.25) is 19.2 Å². The lowest BCUT2D eigenvalue weighted by molar-refractivity contribution is -0.159. The molecule has 4 aromatic rings. The first kappa shape index (κ1) is 50.5. The van der Waals surface area contributed by atoms with Gasteiger partial charge in [0.25, 0.3) is 0 Å². The molecule has 3 amide bonds. The average molecular weight is 935 g/mol. The van der Waals surface area contributed by atoms with E-state index in [-0.39, 0.29) is 65.7 Å². The van der Waals surface area contributed by atoms with Crippen molar-refractivity contribution < 1.29 is 24.3 Å². The fourth-order valence-electron chi connectivity index (χ4n) is 10.7. The van der Waals surface area contributed by atoms with Gasteiger partial charge in [0, 0.05) is 31.4 Å². The van der Waals surface area contributed by atoms with Gasteiger partial charge in [0.2, 0.25) is 17.7 Å². The fourth-order valence-corrected chi connectivity index (χ4v) is 11.8. The standard InChI is InChI=1S/C54H68ClN5O5S/c1-33(37-22-24-39(25-23-37)48-34(2)57-32-66-48)58-50(64)43-28-41(61)31-60(43)51(65)49(52(3,4)5)59-47(63)15-13-11-10-12-14-35-16-19-38(20-17-35)44(62)29-46-53(6,7)45(54(46,8)9)27-36-18-21-40(30-56)42(55)26-36/h16-26,32-33,41,43,45-46,49,61H,10-15,27-29,31H2,1-9H3,(H,58,64)(H,59,63)/t33-,41+,43?,45-,46-,49+/m0/s1. The van der Waals surface area contributed by atoms with E-state index in [0.717, 1.165) is 64.9 Å². The maximum absolute atomic E-state index is 14.1. The number of ketones is 1. The quantitative estimate of drug-likeness (QED) is 0.0663. The molecule has 3 aromatic carbocycles. The summed E-state index contributed by atoms with van der Waals surface area (Å²) in [6, 6.07) is 21.7. The predicted molar refractivity (Wildman–Crippen MR) is 263 cm³/mol. The van der Waals surface area contributed by atoms with E-state index in [4.69, 9.17) is 11.6 Å². The van der Waals surface area contributed by atoms with Gasteiger partial charge in [0.05, 0.1) is 38.8 Å². The van der Waals surface area contributed by atoms with Crippen molar-refractivity contribution in [2.75, 3.05) is 6.54 Å². The molecule has 2 aliphatic rings. The molecule has 2 heterocycles. The number of likely N-dealkylation sites (tertiary alicyclic amines) is 1. The molecule has 10 nitrogen and oxygen atoms in total. The lowest BCUT2D eigenvalue weighted by atomic mass is 9.39. The molecule has 1 aliphatic heterocycles. The number of nitrogens with zero attached hydrogens (tertiary/aromatic N) is 3. The van der Waals surface area contributed by atoms with Gasteiger partial charge in [0.15, 0.2) is 5.78 Å². The van der Waals surface area contributed by atoms with Crippen LogP contribution in [0.5, 0.6) is 0 Å². The summed E-state index contributed by atoms with van der Waals surface area (Å²) in [5.41, 5.74) is 7.56. The number of amides is 3. The molecule has 2 fully saturated rings. The Morgan fingerprint density at radius 3 is 2.18 bits per heavy atom. The molecule has 4 atom stereocenters. The molecule has 3 N–H and O–H groups in total. The van der Waals surface area contributed by atoms with Crippen LogP contribution in [0.3, 0.4) is 0 Å². The average Bonchev–Trinajstić information content (AvgIpc) is 3.89. The SMILES string of the molecule is Cc1ncsc1-c1ccc([C@H](C)NC(=O)C2C[C@@H](O)CN2C(=O)[C@@H](NC(=O)CCCCCCc2ccc(C(=O)C[C@H]3C(C)(C)[C@H](Cc4ccc(C#N)c(Cl)c4)C3(C)C)cc2)C(C)(C)C)cc1. The second-order valence-electron chi connectivity index (χ2n) is 21.0. The fraction of sp³-hybridized carbons (Fsp3) is 0.519. The van der Waals surface area contributed by atoms with Crippen LogP contribution in [0.15, 0.2) is 72.2 Å². The number of aliphatic hydroxyl groups excluding tert-OH is 1. The molecule has 1 unspecified atom stereocenters. The zero-order valence-corrected chi connectivity index (χ0v) is 41.7. The number of unbranched alkanes of at least 4 members (excludes halogenated alkanes) is 3. The lowest BCUT2D eigenvalue weighted by Gasteiger charge is -2.65. The second-order valence-corrected chi connectivity index (χ2v) is 22.3. The van der Waals surface area contributed by atoms with Crippen LogP contribution in [0.2, 0.25) is 5.02 Å². The zero-order valence-electron chi connectivity index (χ0n) is 40.2. The summed E-state index contributed by atoms with van der Waals surface area (Å²) in [6.07, 6.45) is 5.19. The van der Waals surface area contributed by atoms with Crippen molar-refractivity contribution in [3.8, 4) is 16.5 Å². The van der Waals surface area contributed by atoms with E-state index >= 15 is 0 Å². The minimum Gasteiger partial charge on any atom is -0.391 e. The molecule has 0 bridgehead atoms. The molecule has 66 heavy (non-hydrogen) atoms. The number of β-amino-alcohol motifs (C(OH)–C–C–N with tert-alkyl or cyclic N) is 1. The van der Waals surface area contributed by atoms with E-state index in [0.29, 0.717) is 29.3 Å². The summed E-state index contributed by atoms with van der Waals surface area (Å²) >= 11 is 7.92. The first-order valence-corrected chi connectivity index (χ1v) is 24.8. The summed E-state index contributed by atoms with van der Waals surface area (Å²) in [5, 5.41) is 26.4. The number of Topliss-reactive ketones (excluding diaryl/α,β-unsaturated/α-hetero) is 1. The van der Waals surface area contributed by atoms with Crippen LogP contribution < -0.4 is 10.6 Å². The Hall–Kier alpha value is -4.89. The van der Waals surface area contributed by atoms with Gasteiger partial charge in [-0.25, -0.2) is 4.98 Å². The Balaban J connectivity index is 0.925. The van der Waals surface area contributed by atoms with E-state index < -0.39 is 23.6 Å². The van der Waals surface area contributed by atoms with Crippen molar-refractivity contribution in [3.05, 3.63) is 111 Å². The lowest BCUT2D eigenvalue weighted by Crippen LogP contribution is -2.60. The number of aliphatic hydroxyl groups is 1. The van der Waals surface area contributed by atoms with E-state index in [1.807, 2.05) is 88.7 Å². The van der Waals surface area contributed by atoms with Crippen molar-refractivity contribution in [1.29, 1.82) is 5.26 Å². The molecule has 1 saturated heterocycles. The molecule has 1 aliphatic carbocycles. The smallest absolute Gasteiger partial charge is 0.246 e. The predicted octanol–water partition coefficient (Wildman–Crippen LogP) is 10.6. The van der Waals surface area contributed by atoms with Gasteiger partial charge in [-0.1, -0.05) is 128 Å². The largest absolute Gasteiger partial charge is 0.391 e. The van der Waals surface area contributed by atoms with Gasteiger partial charge < -0.3 is 20.6 Å². The number of aromatic nitrogens is 1. The first-order chi connectivity index (χ1) is 31.1. The van der Waals surface area contributed by atoms with Crippen LogP contribution in [0.1, 0.15) is 145 Å². The van der Waals surface area contributed by atoms with Crippen molar-refractivity contribution in [2.45, 2.75) is 144 Å². The molecule has 352 valence electrons. The van der Waals surface area contributed by atoms with Crippen LogP contribution in [0.25, 0.3) is 10.4 Å². The Bertz CT molecular complexity index is 2400. The van der Waals surface area contributed by atoms with E-state index in [9.17, 15) is 29.5 Å². The molecule has 12 heteroatoms. The monoisotopic (exact) mass is 933 g/mol. The van der Waals surface area contributed by atoms with Gasteiger partial charge in [-0.2, -0.15) is 5.26 Å². The maximum Gasteiger partial charge on any atom is 0.246 e. The summed E-state index contributed by atoms with van der Waals surface area (Å²) in [6.45, 7) is 18.6. The van der Waals surface area contributed by atoms with Crippen molar-refractivity contribution in [3.63, 3.8) is 0 Å². The third-order valence-electron chi connectivity index (χ3n) is 14.5. The molecule has 1 saturated carbocycles. The van der Waals surface area contributed by atoms with Crippen LogP contribution in [0.4, 0.5) is 0 Å². The third kappa shape index (κ3) is 11.6. The van der Waals surface area contributed by atoms with Gasteiger partial charge in [-0.05, 0) is 102 Å². The Morgan fingerprint density at radius 2 is 1.58 bits per heavy atom. The zero-order chi connectivity index (χ0) is 48.1. The third-order valence-corrected chi connectivity index (χ3v) is 15.8. The van der Waals surface area contributed by atoms with Crippen molar-refractivity contribution >= 4 is 46.4 Å². The van der Waals surface area contributed by atoms with Gasteiger partial charge >= 0.3 is 0 Å². The number of rotatable bonds is 18. The van der Waals surface area contributed by atoms with E-state index in [2.05, 4.69) is 61.5 Å². The number of hydrogen-bond acceptors (Lipinski definition) is 8. The van der Waals surface area contributed by atoms with Crippen LogP contribution >= 0.6 is 22.9 Å². The first-order valence-electron chi connectivity index (χ1n) is 23.5. The van der Waals surface area contributed by atoms with Crippen LogP contribution in [-0.4, -0.2) is 63.2 Å². The highest BCUT2D eigenvalue weighted by atomic mass is 35.5. The number of aryl methyl sites for hydroxylation is 2. The number of halogens is 1. The topological polar surface area (TPSA) is 152 Å². The van der Waals surface area contributed by atoms with Gasteiger partial charge in [-0.15, -0.1) is 11.3 Å². The number of nitriles is 1. The minimum atomic E-state index is -0.871. The highest BCUT2D eigenvalue weighted by Gasteiger charge is 2.61. The number of benzene rings is 3. The molecule has 0 radical (unpaired) electrons.